The van der Waals surface area contributed by atoms with Gasteiger partial charge in [0.25, 0.3) is 0 Å². The van der Waals surface area contributed by atoms with E-state index in [0.717, 1.165) is 48.3 Å². The molecule has 0 spiro atoms. The average Bonchev–Trinajstić information content (AvgIpc) is 3.15. The number of nitrogens with two attached hydrogens (primary N) is 1. The van der Waals surface area contributed by atoms with Crippen LogP contribution in [0.1, 0.15) is 45.1 Å². The molecule has 0 radical (unpaired) electrons. The van der Waals surface area contributed by atoms with Gasteiger partial charge in [-0.3, -0.25) is 4.98 Å². The monoisotopic (exact) mass is 484 g/mol. The Morgan fingerprint density at radius 3 is 2.56 bits per heavy atom. The lowest BCUT2D eigenvalue weighted by Crippen LogP contribution is -2.47. The number of rotatable bonds is 5. The molecule has 2 amide bonds. The smallest absolute Gasteiger partial charge is 0.345 e. The Hall–Kier alpha value is -2.94. The third-order valence-electron chi connectivity index (χ3n) is 6.79. The molecule has 0 aliphatic carbocycles. The van der Waals surface area contributed by atoms with Crippen LogP contribution in [0.3, 0.4) is 0 Å². The summed E-state index contributed by atoms with van der Waals surface area (Å²) in [5.74, 6) is 1.48. The van der Waals surface area contributed by atoms with Gasteiger partial charge < -0.3 is 15.4 Å². The molecule has 0 bridgehead atoms. The maximum Gasteiger partial charge on any atom is 0.345 e. The highest BCUT2D eigenvalue weighted by Crippen LogP contribution is 2.43. The van der Waals surface area contributed by atoms with Crippen LogP contribution in [0.15, 0.2) is 46.4 Å². The Labute approximate surface area is 201 Å². The first-order valence-corrected chi connectivity index (χ1v) is 13.6. The van der Waals surface area contributed by atoms with Crippen molar-refractivity contribution in [3.63, 3.8) is 0 Å². The minimum absolute atomic E-state index is 0.249. The van der Waals surface area contributed by atoms with Gasteiger partial charge in [0.15, 0.2) is 9.84 Å². The molecule has 3 heterocycles. The summed E-state index contributed by atoms with van der Waals surface area (Å²) in [6.07, 6.45) is 6.89. The van der Waals surface area contributed by atoms with Gasteiger partial charge in [0, 0.05) is 49.2 Å². The number of urea groups is 1. The van der Waals surface area contributed by atoms with E-state index >= 15 is 0 Å². The fourth-order valence-corrected chi connectivity index (χ4v) is 5.46. The lowest BCUT2D eigenvalue weighted by atomic mass is 9.79. The SMILES string of the molecule is CCC/C(N)=N/C(=O)N1CCC([C@]2(C)Cc3cc(-c4ccc(S(C)(=O)=O)cc4)ncc3O2)CC1. The zero-order valence-corrected chi connectivity index (χ0v) is 20.8. The molecule has 1 atom stereocenters. The second kappa shape index (κ2) is 9.37. The number of carbonyl (C=O) groups excluding carboxylic acids is 1. The Kier molecular flexibility index (Phi) is 6.66. The number of aliphatic imine (C=N–C) groups is 1. The van der Waals surface area contributed by atoms with Gasteiger partial charge in [-0.1, -0.05) is 19.1 Å². The van der Waals surface area contributed by atoms with Gasteiger partial charge in [0.05, 0.1) is 16.8 Å². The molecule has 2 aliphatic heterocycles. The van der Waals surface area contributed by atoms with E-state index in [2.05, 4.69) is 16.9 Å². The molecule has 0 saturated carbocycles. The number of carbonyl (C=O) groups is 1. The predicted molar refractivity (Wildman–Crippen MR) is 132 cm³/mol. The number of benzene rings is 1. The lowest BCUT2D eigenvalue weighted by Gasteiger charge is -2.39. The first-order valence-electron chi connectivity index (χ1n) is 11.7. The van der Waals surface area contributed by atoms with Crippen molar-refractivity contribution in [1.29, 1.82) is 0 Å². The topological polar surface area (TPSA) is 115 Å². The van der Waals surface area contributed by atoms with E-state index in [4.69, 9.17) is 10.5 Å². The first-order chi connectivity index (χ1) is 16.1. The van der Waals surface area contributed by atoms with Crippen LogP contribution in [-0.4, -0.2) is 55.1 Å². The van der Waals surface area contributed by atoms with Gasteiger partial charge in [-0.25, -0.2) is 13.2 Å². The number of ether oxygens (including phenoxy) is 1. The molecule has 2 aliphatic rings. The fourth-order valence-electron chi connectivity index (χ4n) is 4.83. The number of piperidine rings is 1. The summed E-state index contributed by atoms with van der Waals surface area (Å²) in [6.45, 7) is 5.41. The number of hydrogen-bond donors (Lipinski definition) is 1. The summed E-state index contributed by atoms with van der Waals surface area (Å²) in [6, 6.07) is 8.55. The van der Waals surface area contributed by atoms with Crippen LogP contribution in [0.5, 0.6) is 5.75 Å². The number of pyridine rings is 1. The largest absolute Gasteiger partial charge is 0.485 e. The zero-order valence-electron chi connectivity index (χ0n) is 20.0. The van der Waals surface area contributed by atoms with E-state index in [1.54, 1.807) is 35.4 Å². The molecule has 9 heteroatoms. The third-order valence-corrected chi connectivity index (χ3v) is 7.91. The molecule has 1 aromatic heterocycles. The number of fused-ring (bicyclic) bond motifs is 1. The van der Waals surface area contributed by atoms with Gasteiger partial charge >= 0.3 is 6.03 Å². The normalized spacial score (nSPS) is 21.3. The molecule has 1 aromatic carbocycles. The number of amidine groups is 1. The van der Waals surface area contributed by atoms with Gasteiger partial charge in [0.2, 0.25) is 0 Å². The van der Waals surface area contributed by atoms with Crippen LogP contribution >= 0.6 is 0 Å². The molecule has 4 rings (SSSR count). The molecule has 0 unspecified atom stereocenters. The van der Waals surface area contributed by atoms with E-state index in [0.29, 0.717) is 31.3 Å². The van der Waals surface area contributed by atoms with E-state index in [1.807, 2.05) is 13.0 Å². The highest BCUT2D eigenvalue weighted by Gasteiger charge is 2.43. The zero-order chi connectivity index (χ0) is 24.5. The summed E-state index contributed by atoms with van der Waals surface area (Å²) in [5.41, 5.74) is 8.20. The Morgan fingerprint density at radius 2 is 1.94 bits per heavy atom. The minimum atomic E-state index is -3.24. The lowest BCUT2D eigenvalue weighted by molar-refractivity contribution is 0.0178. The molecule has 182 valence electrons. The van der Waals surface area contributed by atoms with E-state index < -0.39 is 9.84 Å². The predicted octanol–water partition coefficient (Wildman–Crippen LogP) is 3.84. The maximum absolute atomic E-state index is 12.4. The van der Waals surface area contributed by atoms with Gasteiger partial charge in [-0.15, -0.1) is 0 Å². The molecular weight excluding hydrogens is 452 g/mol. The molecule has 1 saturated heterocycles. The van der Waals surface area contributed by atoms with Crippen molar-refractivity contribution in [3.8, 4) is 17.0 Å². The Bertz CT molecular complexity index is 1200. The van der Waals surface area contributed by atoms with Gasteiger partial charge in [-0.2, -0.15) is 4.99 Å². The standard InChI is InChI=1S/C25H32N4O4S/c1-4-5-23(26)28-24(30)29-12-10-19(11-13-29)25(2)15-18-14-21(27-16-22(18)33-25)17-6-8-20(9-7-17)34(3,31)32/h6-9,14,16,19H,4-5,10-13,15H2,1-3H3,(H2,26,28,30)/t25-/m0/s1. The first kappa shape index (κ1) is 24.2. The Balaban J connectivity index is 1.42. The van der Waals surface area contributed by atoms with E-state index in [-0.39, 0.29) is 16.5 Å². The van der Waals surface area contributed by atoms with Crippen molar-refractivity contribution in [3.05, 3.63) is 42.1 Å². The summed E-state index contributed by atoms with van der Waals surface area (Å²) < 4.78 is 29.8. The summed E-state index contributed by atoms with van der Waals surface area (Å²) in [5, 5.41) is 0. The highest BCUT2D eigenvalue weighted by molar-refractivity contribution is 7.90. The van der Waals surface area contributed by atoms with Crippen molar-refractivity contribution >= 4 is 21.7 Å². The summed E-state index contributed by atoms with van der Waals surface area (Å²) >= 11 is 0. The molecule has 1 fully saturated rings. The minimum Gasteiger partial charge on any atom is -0.485 e. The average molecular weight is 485 g/mol. The van der Waals surface area contributed by atoms with Crippen LogP contribution < -0.4 is 10.5 Å². The number of amides is 2. The maximum atomic E-state index is 12.4. The number of sulfone groups is 1. The van der Waals surface area contributed by atoms with Crippen molar-refractivity contribution in [2.24, 2.45) is 16.6 Å². The van der Waals surface area contributed by atoms with Crippen molar-refractivity contribution in [1.82, 2.24) is 9.88 Å². The summed E-state index contributed by atoms with van der Waals surface area (Å²) in [7, 11) is -3.24. The van der Waals surface area contributed by atoms with Crippen LogP contribution in [0.25, 0.3) is 11.3 Å². The highest BCUT2D eigenvalue weighted by atomic mass is 32.2. The van der Waals surface area contributed by atoms with Crippen molar-refractivity contribution in [2.75, 3.05) is 19.3 Å². The molecule has 34 heavy (non-hydrogen) atoms. The third kappa shape index (κ3) is 5.09. The van der Waals surface area contributed by atoms with Crippen LogP contribution in [0.4, 0.5) is 4.79 Å². The summed E-state index contributed by atoms with van der Waals surface area (Å²) in [4.78, 5) is 23.0. The number of likely N-dealkylation sites (tertiary alicyclic amines) is 1. The van der Waals surface area contributed by atoms with Crippen molar-refractivity contribution < 1.29 is 17.9 Å². The fraction of sp³-hybridized carbons (Fsp3) is 0.480. The number of nitrogens with zero attached hydrogens (tertiary/aromatic N) is 3. The van der Waals surface area contributed by atoms with E-state index in [1.165, 1.54) is 6.26 Å². The van der Waals surface area contributed by atoms with E-state index in [9.17, 15) is 13.2 Å². The van der Waals surface area contributed by atoms with Crippen LogP contribution in [0, 0.1) is 5.92 Å². The number of hydrogen-bond acceptors (Lipinski definition) is 5. The van der Waals surface area contributed by atoms with Crippen LogP contribution in [0.2, 0.25) is 0 Å². The second-order valence-electron chi connectivity index (χ2n) is 9.46. The second-order valence-corrected chi connectivity index (χ2v) is 11.5. The van der Waals surface area contributed by atoms with Gasteiger partial charge in [-0.05, 0) is 44.4 Å². The molecule has 8 nitrogen and oxygen atoms in total. The van der Waals surface area contributed by atoms with Gasteiger partial charge in [0.1, 0.15) is 17.2 Å². The molecule has 2 N–H and O–H groups in total. The molecular formula is C25H32N4O4S. The van der Waals surface area contributed by atoms with Crippen molar-refractivity contribution in [2.45, 2.75) is 56.4 Å². The molecule has 2 aromatic rings. The van der Waals surface area contributed by atoms with Crippen LogP contribution in [-0.2, 0) is 16.3 Å². The number of aromatic nitrogens is 1. The quantitative estimate of drug-likeness (QED) is 0.509. The Morgan fingerprint density at radius 1 is 1.26 bits per heavy atom.